The first-order valence-electron chi connectivity index (χ1n) is 7.12. The summed E-state index contributed by atoms with van der Waals surface area (Å²) in [5.41, 5.74) is 0.0400. The molecular weight excluding hydrogens is 243 g/mol. The topological polar surface area (TPSA) is 42.0 Å². The molecule has 1 N–H and O–H groups in total. The van der Waals surface area contributed by atoms with Crippen molar-refractivity contribution in [3.8, 4) is 0 Å². The summed E-state index contributed by atoms with van der Waals surface area (Å²) < 4.78 is 13.4. The maximum absolute atomic E-state index is 13.4. The Morgan fingerprint density at radius 2 is 2.16 bits per heavy atom. The van der Waals surface area contributed by atoms with Crippen molar-refractivity contribution in [2.75, 3.05) is 0 Å². The van der Waals surface area contributed by atoms with Gasteiger partial charge in [0.1, 0.15) is 0 Å². The molecule has 3 nitrogen and oxygen atoms in total. The molecule has 0 saturated heterocycles. The molecule has 1 aromatic rings. The van der Waals surface area contributed by atoms with E-state index in [1.165, 1.54) is 25.1 Å². The minimum absolute atomic E-state index is 0.0400. The van der Waals surface area contributed by atoms with Crippen LogP contribution in [0, 0.1) is 11.9 Å². The lowest BCUT2D eigenvalue weighted by atomic mass is 9.83. The Morgan fingerprint density at radius 1 is 1.42 bits per heavy atom. The molecule has 0 aromatic carbocycles. The molecule has 1 aliphatic rings. The van der Waals surface area contributed by atoms with Gasteiger partial charge in [-0.1, -0.05) is 19.8 Å². The zero-order valence-electron chi connectivity index (χ0n) is 11.4. The molecule has 1 fully saturated rings. The van der Waals surface area contributed by atoms with Crippen LogP contribution in [0.4, 0.5) is 4.39 Å². The van der Waals surface area contributed by atoms with Gasteiger partial charge in [0.25, 0.3) is 5.91 Å². The smallest absolute Gasteiger partial charge is 0.256 e. The van der Waals surface area contributed by atoms with E-state index < -0.39 is 5.95 Å². The van der Waals surface area contributed by atoms with Gasteiger partial charge in [-0.15, -0.1) is 0 Å². The van der Waals surface area contributed by atoms with E-state index in [-0.39, 0.29) is 17.5 Å². The third kappa shape index (κ3) is 3.75. The summed E-state index contributed by atoms with van der Waals surface area (Å²) in [6.45, 7) is 2.21. The fourth-order valence-corrected chi connectivity index (χ4v) is 2.82. The Bertz CT molecular complexity index is 428. The normalized spacial score (nSPS) is 23.1. The number of rotatable bonds is 4. The van der Waals surface area contributed by atoms with Crippen LogP contribution in [0.1, 0.15) is 55.8 Å². The fraction of sp³-hybridized carbons (Fsp3) is 0.600. The molecule has 1 aromatic heterocycles. The van der Waals surface area contributed by atoms with Crippen molar-refractivity contribution in [3.05, 3.63) is 29.8 Å². The summed E-state index contributed by atoms with van der Waals surface area (Å²) in [5, 5.41) is 2.92. The summed E-state index contributed by atoms with van der Waals surface area (Å²) >= 11 is 0. The van der Waals surface area contributed by atoms with Gasteiger partial charge in [-0.25, -0.2) is 4.98 Å². The fourth-order valence-electron chi connectivity index (χ4n) is 2.82. The van der Waals surface area contributed by atoms with Crippen molar-refractivity contribution in [1.82, 2.24) is 10.3 Å². The second-order valence-electron chi connectivity index (χ2n) is 5.32. The van der Waals surface area contributed by atoms with Gasteiger partial charge in [0.05, 0.1) is 5.56 Å². The third-order valence-electron chi connectivity index (χ3n) is 3.88. The summed E-state index contributed by atoms with van der Waals surface area (Å²) in [7, 11) is 0. The molecule has 0 aliphatic heterocycles. The second-order valence-corrected chi connectivity index (χ2v) is 5.32. The van der Waals surface area contributed by atoms with Crippen molar-refractivity contribution in [2.24, 2.45) is 5.92 Å². The first-order valence-corrected chi connectivity index (χ1v) is 7.12. The van der Waals surface area contributed by atoms with Crippen molar-refractivity contribution in [2.45, 2.75) is 51.5 Å². The minimum Gasteiger partial charge on any atom is -0.349 e. The maximum atomic E-state index is 13.4. The lowest BCUT2D eigenvalue weighted by molar-refractivity contribution is 0.0916. The van der Waals surface area contributed by atoms with E-state index in [0.717, 1.165) is 31.6 Å². The lowest BCUT2D eigenvalue weighted by Gasteiger charge is -2.28. The lowest BCUT2D eigenvalue weighted by Crippen LogP contribution is -2.38. The van der Waals surface area contributed by atoms with E-state index in [2.05, 4.69) is 17.2 Å². The Hall–Kier alpha value is -1.45. The van der Waals surface area contributed by atoms with Gasteiger partial charge < -0.3 is 5.32 Å². The number of pyridine rings is 1. The molecule has 1 heterocycles. The van der Waals surface area contributed by atoms with E-state index in [4.69, 9.17) is 0 Å². The average molecular weight is 264 g/mol. The predicted molar refractivity (Wildman–Crippen MR) is 72.3 cm³/mol. The highest BCUT2D eigenvalue weighted by molar-refractivity contribution is 5.94. The minimum atomic E-state index is -0.695. The number of hydrogen-bond acceptors (Lipinski definition) is 2. The molecule has 1 aliphatic carbocycles. The van der Waals surface area contributed by atoms with E-state index in [1.54, 1.807) is 6.07 Å². The van der Waals surface area contributed by atoms with Crippen LogP contribution in [0.15, 0.2) is 18.3 Å². The molecule has 0 unspecified atom stereocenters. The molecule has 0 radical (unpaired) electrons. The molecule has 19 heavy (non-hydrogen) atoms. The molecule has 1 amide bonds. The summed E-state index contributed by atoms with van der Waals surface area (Å²) in [4.78, 5) is 15.5. The monoisotopic (exact) mass is 264 g/mol. The second kappa shape index (κ2) is 6.64. The molecule has 4 heteroatoms. The number of amides is 1. The first-order chi connectivity index (χ1) is 9.20. The van der Waals surface area contributed by atoms with Crippen LogP contribution < -0.4 is 5.32 Å². The number of nitrogens with zero attached hydrogens (tertiary/aromatic N) is 1. The Morgan fingerprint density at radius 3 is 2.79 bits per heavy atom. The molecule has 0 atom stereocenters. The van der Waals surface area contributed by atoms with Gasteiger partial charge >= 0.3 is 0 Å². The van der Waals surface area contributed by atoms with Crippen molar-refractivity contribution in [1.29, 1.82) is 0 Å². The zero-order valence-corrected chi connectivity index (χ0v) is 11.4. The number of nitrogens with one attached hydrogen (secondary N) is 1. The SMILES string of the molecule is CCCC1CCC(NC(=O)c2cccnc2F)CC1. The summed E-state index contributed by atoms with van der Waals surface area (Å²) in [5.74, 6) is -0.238. The van der Waals surface area contributed by atoms with E-state index in [0.29, 0.717) is 0 Å². The molecule has 2 rings (SSSR count). The number of aromatic nitrogens is 1. The van der Waals surface area contributed by atoms with Crippen molar-refractivity contribution >= 4 is 5.91 Å². The van der Waals surface area contributed by atoms with E-state index >= 15 is 0 Å². The molecule has 104 valence electrons. The van der Waals surface area contributed by atoms with Crippen molar-refractivity contribution in [3.63, 3.8) is 0 Å². The number of halogens is 1. The van der Waals surface area contributed by atoms with Crippen LogP contribution >= 0.6 is 0 Å². The first kappa shape index (κ1) is 14.0. The third-order valence-corrected chi connectivity index (χ3v) is 3.88. The predicted octanol–water partition coefficient (Wildman–Crippen LogP) is 3.31. The van der Waals surface area contributed by atoms with Crippen LogP contribution in [0.25, 0.3) is 0 Å². The highest BCUT2D eigenvalue weighted by Crippen LogP contribution is 2.27. The molecule has 1 saturated carbocycles. The van der Waals surface area contributed by atoms with Crippen LogP contribution in [0.2, 0.25) is 0 Å². The average Bonchev–Trinajstić information content (AvgIpc) is 2.42. The Labute approximate surface area is 113 Å². The van der Waals surface area contributed by atoms with E-state index in [1.807, 2.05) is 0 Å². The van der Waals surface area contributed by atoms with Gasteiger partial charge in [0.2, 0.25) is 5.95 Å². The maximum Gasteiger partial charge on any atom is 0.256 e. The largest absolute Gasteiger partial charge is 0.349 e. The summed E-state index contributed by atoms with van der Waals surface area (Å²) in [6, 6.07) is 3.23. The van der Waals surface area contributed by atoms with Gasteiger partial charge in [-0.2, -0.15) is 4.39 Å². The van der Waals surface area contributed by atoms with Gasteiger partial charge in [-0.05, 0) is 43.7 Å². The van der Waals surface area contributed by atoms with Gasteiger partial charge in [0.15, 0.2) is 0 Å². The van der Waals surface area contributed by atoms with E-state index in [9.17, 15) is 9.18 Å². The van der Waals surface area contributed by atoms with Gasteiger partial charge in [0, 0.05) is 12.2 Å². The Kier molecular flexibility index (Phi) is 4.88. The quantitative estimate of drug-likeness (QED) is 0.848. The zero-order chi connectivity index (χ0) is 13.7. The molecule has 0 spiro atoms. The highest BCUT2D eigenvalue weighted by atomic mass is 19.1. The number of hydrogen-bond donors (Lipinski definition) is 1. The van der Waals surface area contributed by atoms with Crippen LogP contribution in [-0.2, 0) is 0 Å². The van der Waals surface area contributed by atoms with Crippen molar-refractivity contribution < 1.29 is 9.18 Å². The summed E-state index contributed by atoms with van der Waals surface area (Å²) in [6.07, 6.45) is 8.17. The number of carbonyl (C=O) groups is 1. The van der Waals surface area contributed by atoms with Crippen LogP contribution in [0.5, 0.6) is 0 Å². The van der Waals surface area contributed by atoms with Gasteiger partial charge in [-0.3, -0.25) is 4.79 Å². The van der Waals surface area contributed by atoms with Crippen LogP contribution in [-0.4, -0.2) is 16.9 Å². The molecular formula is C15H21FN2O. The number of carbonyl (C=O) groups excluding carboxylic acids is 1. The molecule has 0 bridgehead atoms. The highest BCUT2D eigenvalue weighted by Gasteiger charge is 2.23. The van der Waals surface area contributed by atoms with Crippen LogP contribution in [0.3, 0.4) is 0 Å². The Balaban J connectivity index is 1.86. The standard InChI is InChI=1S/C15H21FN2O/c1-2-4-11-6-8-12(9-7-11)18-15(19)13-5-3-10-17-14(13)16/h3,5,10-12H,2,4,6-9H2,1H3,(H,18,19).